The Morgan fingerprint density at radius 2 is 1.66 bits per heavy atom. The number of fused-ring (bicyclic) bond motifs is 1. The number of hydrogen-bond donors (Lipinski definition) is 4. The second-order valence-corrected chi connectivity index (χ2v) is 12.9. The Kier molecular flexibility index (Phi) is 33.6. The number of aliphatic hydroxyl groups is 1. The standard InChI is InChI=1S/C20H33NO2.C11H13N3O2S.C3H7N.C2H6.2C2H4.CH3NO/c1-16-11-10-14-21(16)20(23)13-9-7-5-3-4-6-8-12-18-15-19(18)17(2)22;1-6(15)5-7(12)10-13-8-3-4-17-9(8)11(14-10)16-2;1-3(2)4;3*1-2;2-1-3/h8,12,16,18-19H,3-7,9-11,13-15H2,1-2H3;3-5,7,15H,12H2,1-2H3;1,4H2,2H3;1-2H3;2*1-2H2;1H,(H2,2,3)/b12-8-;6-5-;;;;;/t16?,18?,19-;;;;;;/m1....../s1. The van der Waals surface area contributed by atoms with Crippen LogP contribution >= 0.6 is 11.3 Å². The highest BCUT2D eigenvalue weighted by Gasteiger charge is 2.38. The number of ether oxygens (including phenoxy) is 1. The minimum Gasteiger partial charge on any atom is -0.513 e. The molecule has 4 rings (SSSR count). The summed E-state index contributed by atoms with van der Waals surface area (Å²) >= 11 is 1.52. The predicted octanol–water partition coefficient (Wildman–Crippen LogP) is 8.88. The number of hydrogen-bond acceptors (Lipinski definition) is 10. The Morgan fingerprint density at radius 1 is 1.09 bits per heavy atom. The molecule has 300 valence electrons. The molecule has 53 heavy (non-hydrogen) atoms. The Balaban J connectivity index is -0.000000730. The van der Waals surface area contributed by atoms with Crippen molar-refractivity contribution in [2.75, 3.05) is 13.7 Å². The quantitative estimate of drug-likeness (QED) is 0.0669. The van der Waals surface area contributed by atoms with Crippen LogP contribution in [0, 0.1) is 11.8 Å². The molecule has 2 aliphatic rings. The number of thiophene rings is 1. The van der Waals surface area contributed by atoms with Crippen molar-refractivity contribution in [1.82, 2.24) is 14.9 Å². The molecule has 2 amide bonds. The summed E-state index contributed by atoms with van der Waals surface area (Å²) in [6.07, 6.45) is 17.4. The van der Waals surface area contributed by atoms with Gasteiger partial charge in [-0.15, -0.1) is 37.7 Å². The van der Waals surface area contributed by atoms with Gasteiger partial charge in [0, 0.05) is 24.9 Å². The molecular weight excluding hydrogens is 689 g/mol. The first-order valence-electron chi connectivity index (χ1n) is 18.3. The molecule has 2 aromatic heterocycles. The third-order valence-corrected chi connectivity index (χ3v) is 8.47. The lowest BCUT2D eigenvalue weighted by atomic mass is 10.1. The predicted molar refractivity (Wildman–Crippen MR) is 225 cm³/mol. The molecule has 0 aromatic carbocycles. The molecule has 2 aromatic rings. The number of carbonyl (C=O) groups is 3. The van der Waals surface area contributed by atoms with Crippen molar-refractivity contribution in [1.29, 1.82) is 0 Å². The van der Waals surface area contributed by atoms with Crippen LogP contribution in [0.2, 0.25) is 0 Å². The molecule has 0 spiro atoms. The maximum atomic E-state index is 12.1. The van der Waals surface area contributed by atoms with Gasteiger partial charge in [-0.2, -0.15) is 4.98 Å². The molecular formula is C41H70N6O5S. The van der Waals surface area contributed by atoms with Gasteiger partial charge in [0.05, 0.1) is 24.4 Å². The summed E-state index contributed by atoms with van der Waals surface area (Å²) in [6, 6.07) is 1.80. The van der Waals surface area contributed by atoms with Crippen LogP contribution in [-0.4, -0.2) is 57.8 Å². The Labute approximate surface area is 324 Å². The lowest BCUT2D eigenvalue weighted by Crippen LogP contribution is -2.33. The highest BCUT2D eigenvalue weighted by molar-refractivity contribution is 7.17. The van der Waals surface area contributed by atoms with Gasteiger partial charge in [0.1, 0.15) is 10.5 Å². The van der Waals surface area contributed by atoms with E-state index in [1.807, 2.05) is 25.3 Å². The number of carbonyl (C=O) groups excluding carboxylic acids is 3. The number of allylic oxidation sites excluding steroid dienone is 4. The van der Waals surface area contributed by atoms with Gasteiger partial charge in [-0.25, -0.2) is 4.98 Å². The number of nitrogens with two attached hydrogens (primary N) is 3. The van der Waals surface area contributed by atoms with Crippen molar-refractivity contribution in [3.8, 4) is 5.88 Å². The molecule has 1 saturated heterocycles. The lowest BCUT2D eigenvalue weighted by Gasteiger charge is -2.21. The number of primary amides is 1. The fraction of sp³-hybridized carbons (Fsp3) is 0.537. The third-order valence-electron chi connectivity index (χ3n) is 7.58. The maximum absolute atomic E-state index is 12.1. The van der Waals surface area contributed by atoms with Crippen molar-refractivity contribution >= 4 is 39.7 Å². The lowest BCUT2D eigenvalue weighted by molar-refractivity contribution is -0.131. The zero-order chi connectivity index (χ0) is 41.4. The fourth-order valence-corrected chi connectivity index (χ4v) is 5.95. The minimum absolute atomic E-state index is 0.144. The SMILES string of the molecule is C=C.C=C.C=C(C)N.CC.CC(=O)[C@H]1CC1/C=C\CCCCCCCC(=O)N1CCCC1C.COc1nc(C(N)/C=C(/C)O)nc2ccsc12.NC=O. The van der Waals surface area contributed by atoms with E-state index >= 15 is 0 Å². The van der Waals surface area contributed by atoms with Gasteiger partial charge in [-0.3, -0.25) is 14.4 Å². The first kappa shape index (κ1) is 53.1. The molecule has 3 unspecified atom stereocenters. The molecule has 1 aliphatic carbocycles. The fourth-order valence-electron chi connectivity index (χ4n) is 5.16. The minimum atomic E-state index is -0.543. The van der Waals surface area contributed by atoms with Crippen LogP contribution in [-0.2, 0) is 14.4 Å². The molecule has 3 heterocycles. The van der Waals surface area contributed by atoms with Gasteiger partial charge in [0.2, 0.25) is 18.2 Å². The van der Waals surface area contributed by atoms with Crippen LogP contribution < -0.4 is 21.9 Å². The van der Waals surface area contributed by atoms with Crippen LogP contribution in [0.4, 0.5) is 0 Å². The van der Waals surface area contributed by atoms with Gasteiger partial charge in [-0.1, -0.05) is 51.8 Å². The van der Waals surface area contributed by atoms with Crippen molar-refractivity contribution in [3.63, 3.8) is 0 Å². The van der Waals surface area contributed by atoms with E-state index < -0.39 is 6.04 Å². The number of aliphatic hydroxyl groups excluding tert-OH is 1. The molecule has 0 radical (unpaired) electrons. The summed E-state index contributed by atoms with van der Waals surface area (Å²) in [4.78, 5) is 42.4. The molecule has 1 aliphatic heterocycles. The zero-order valence-corrected chi connectivity index (χ0v) is 34.5. The molecule has 7 N–H and O–H groups in total. The van der Waals surface area contributed by atoms with E-state index in [1.165, 1.54) is 55.9 Å². The summed E-state index contributed by atoms with van der Waals surface area (Å²) in [7, 11) is 1.56. The van der Waals surface area contributed by atoms with Crippen LogP contribution in [0.3, 0.4) is 0 Å². The smallest absolute Gasteiger partial charge is 0.234 e. The van der Waals surface area contributed by atoms with Crippen LogP contribution in [0.15, 0.2) is 74.0 Å². The van der Waals surface area contributed by atoms with E-state index in [1.54, 1.807) is 27.9 Å². The average molecular weight is 759 g/mol. The topological polar surface area (TPSA) is 188 Å². The van der Waals surface area contributed by atoms with Gasteiger partial charge in [-0.05, 0) is 95.4 Å². The number of nitrogens with zero attached hydrogens (tertiary/aromatic N) is 3. The van der Waals surface area contributed by atoms with Gasteiger partial charge >= 0.3 is 0 Å². The average Bonchev–Trinajstić information content (AvgIpc) is 3.53. The van der Waals surface area contributed by atoms with E-state index in [2.05, 4.69) is 72.6 Å². The van der Waals surface area contributed by atoms with Crippen LogP contribution in [0.5, 0.6) is 5.88 Å². The summed E-state index contributed by atoms with van der Waals surface area (Å²) in [5, 5.41) is 11.1. The molecule has 4 atom stereocenters. The Bertz CT molecular complexity index is 1350. The number of unbranched alkanes of at least 4 members (excludes halogenated alkanes) is 5. The monoisotopic (exact) mass is 759 g/mol. The van der Waals surface area contributed by atoms with E-state index in [9.17, 15) is 14.7 Å². The molecule has 2 fully saturated rings. The van der Waals surface area contributed by atoms with Crippen molar-refractivity contribution in [3.05, 3.63) is 79.8 Å². The van der Waals surface area contributed by atoms with Crippen molar-refractivity contribution in [2.45, 2.75) is 118 Å². The first-order valence-corrected chi connectivity index (χ1v) is 19.2. The van der Waals surface area contributed by atoms with Gasteiger partial charge in [0.25, 0.3) is 0 Å². The number of Topliss-reactive ketones (excluding diaryl/α,β-unsaturated/α-hetero) is 1. The number of rotatable bonds is 13. The van der Waals surface area contributed by atoms with E-state index in [0.717, 1.165) is 42.4 Å². The molecule has 11 nitrogen and oxygen atoms in total. The summed E-state index contributed by atoms with van der Waals surface area (Å²) < 4.78 is 6.10. The second-order valence-electron chi connectivity index (χ2n) is 12.0. The first-order chi connectivity index (χ1) is 25.4. The van der Waals surface area contributed by atoms with Crippen molar-refractivity contribution in [2.24, 2.45) is 29.0 Å². The maximum Gasteiger partial charge on any atom is 0.234 e. The van der Waals surface area contributed by atoms with Gasteiger partial charge in [0.15, 0.2) is 5.82 Å². The van der Waals surface area contributed by atoms with Crippen molar-refractivity contribution < 1.29 is 24.2 Å². The van der Waals surface area contributed by atoms with E-state index in [4.69, 9.17) is 21.0 Å². The zero-order valence-electron chi connectivity index (χ0n) is 33.6. The molecule has 12 heteroatoms. The number of ketones is 1. The molecule has 0 bridgehead atoms. The summed E-state index contributed by atoms with van der Waals surface area (Å²) in [6.45, 7) is 27.5. The van der Waals surface area contributed by atoms with E-state index in [0.29, 0.717) is 47.0 Å². The van der Waals surface area contributed by atoms with Crippen LogP contribution in [0.1, 0.15) is 118 Å². The second kappa shape index (κ2) is 33.5. The number of amides is 2. The highest BCUT2D eigenvalue weighted by atomic mass is 32.1. The normalized spacial score (nSPS) is 17.1. The highest BCUT2D eigenvalue weighted by Crippen LogP contribution is 2.40. The van der Waals surface area contributed by atoms with E-state index in [-0.39, 0.29) is 12.2 Å². The Morgan fingerprint density at radius 3 is 2.15 bits per heavy atom. The number of aromatic nitrogens is 2. The van der Waals surface area contributed by atoms with Gasteiger partial charge < -0.3 is 31.9 Å². The third kappa shape index (κ3) is 24.6. The summed E-state index contributed by atoms with van der Waals surface area (Å²) in [5.41, 5.74) is 16.4. The number of likely N-dealkylation sites (tertiary alicyclic amines) is 1. The number of methoxy groups -OCH3 is 1. The summed E-state index contributed by atoms with van der Waals surface area (Å²) in [5.74, 6) is 2.65. The Hall–Kier alpha value is -4.29. The molecule has 1 saturated carbocycles. The largest absolute Gasteiger partial charge is 0.513 e. The van der Waals surface area contributed by atoms with Crippen LogP contribution in [0.25, 0.3) is 10.2 Å².